The Morgan fingerprint density at radius 2 is 1.93 bits per heavy atom. The lowest BCUT2D eigenvalue weighted by Gasteiger charge is -2.10. The van der Waals surface area contributed by atoms with Crippen molar-refractivity contribution in [1.29, 1.82) is 4.78 Å². The van der Waals surface area contributed by atoms with Crippen LogP contribution in [0.5, 0.6) is 0 Å². The van der Waals surface area contributed by atoms with Crippen molar-refractivity contribution in [2.45, 2.75) is 51.2 Å². The summed E-state index contributed by atoms with van der Waals surface area (Å²) in [4.78, 5) is 36.2. The van der Waals surface area contributed by atoms with Gasteiger partial charge in [0.05, 0.1) is 6.54 Å². The van der Waals surface area contributed by atoms with Crippen molar-refractivity contribution in [2.75, 3.05) is 11.1 Å². The fourth-order valence-electron chi connectivity index (χ4n) is 3.07. The molecule has 0 aliphatic rings. The number of hydrogen-bond acceptors (Lipinski definition) is 6. The van der Waals surface area contributed by atoms with Gasteiger partial charge in [-0.05, 0) is 18.4 Å². The number of aromatic nitrogens is 4. The van der Waals surface area contributed by atoms with Gasteiger partial charge in [-0.1, -0.05) is 50.6 Å². The maximum Gasteiger partial charge on any atom is 0.328 e. The van der Waals surface area contributed by atoms with Gasteiger partial charge in [-0.25, -0.2) is 13.8 Å². The lowest BCUT2D eigenvalue weighted by molar-refractivity contribution is -0.116. The van der Waals surface area contributed by atoms with Crippen LogP contribution in [0.1, 0.15) is 45.1 Å². The molecule has 30 heavy (non-hydrogen) atoms. The van der Waals surface area contributed by atoms with E-state index in [1.54, 1.807) is 0 Å². The van der Waals surface area contributed by atoms with Gasteiger partial charge in [-0.3, -0.25) is 9.36 Å². The van der Waals surface area contributed by atoms with Gasteiger partial charge in [0.15, 0.2) is 11.5 Å². The molecule has 3 N–H and O–H groups in total. The van der Waals surface area contributed by atoms with Gasteiger partial charge < -0.3 is 10.3 Å². The van der Waals surface area contributed by atoms with Crippen molar-refractivity contribution in [3.8, 4) is 0 Å². The quantitative estimate of drug-likeness (QED) is 0.449. The average molecular weight is 431 g/mol. The second-order valence-electron chi connectivity index (χ2n) is 7.09. The smallest absolute Gasteiger partial charge is 0.309 e. The van der Waals surface area contributed by atoms with Crippen LogP contribution >= 0.6 is 0 Å². The number of fused-ring (bicyclic) bond motifs is 1. The number of carbonyl (C=O) groups excluding carboxylic acids is 1. The van der Waals surface area contributed by atoms with Gasteiger partial charge in [0.25, 0.3) is 0 Å². The van der Waals surface area contributed by atoms with E-state index in [4.69, 9.17) is 4.78 Å². The summed E-state index contributed by atoms with van der Waals surface area (Å²) in [7, 11) is -3.26. The number of benzene rings is 1. The van der Waals surface area contributed by atoms with Gasteiger partial charge in [-0.2, -0.15) is 9.97 Å². The molecule has 0 bridgehead atoms. The van der Waals surface area contributed by atoms with Crippen molar-refractivity contribution in [1.82, 2.24) is 19.5 Å². The SMILES string of the molecule is CCCCC(=O)Nc1nc(S(=N)(=O)CCC)nc2c1[nH]c(=O)n2Cc1ccccc1. The number of aromatic amines is 1. The first-order chi connectivity index (χ1) is 14.4. The van der Waals surface area contributed by atoms with Crippen molar-refractivity contribution in [2.24, 2.45) is 0 Å². The van der Waals surface area contributed by atoms with Gasteiger partial charge in [0.2, 0.25) is 11.1 Å². The molecule has 3 rings (SSSR count). The van der Waals surface area contributed by atoms with Crippen LogP contribution in [0.4, 0.5) is 5.82 Å². The van der Waals surface area contributed by atoms with E-state index in [0.717, 1.165) is 12.0 Å². The molecule has 0 spiro atoms. The minimum absolute atomic E-state index is 0.0797. The molecule has 0 fully saturated rings. The maximum atomic E-state index is 12.8. The Bertz CT molecular complexity index is 1200. The van der Waals surface area contributed by atoms with Crippen LogP contribution < -0.4 is 11.0 Å². The molecule has 0 aliphatic carbocycles. The summed E-state index contributed by atoms with van der Waals surface area (Å²) in [6.45, 7) is 4.05. The average Bonchev–Trinajstić information content (AvgIpc) is 3.03. The van der Waals surface area contributed by atoms with E-state index in [1.807, 2.05) is 44.2 Å². The molecule has 0 radical (unpaired) electrons. The molecule has 1 unspecified atom stereocenters. The topological polar surface area (TPSA) is 134 Å². The summed E-state index contributed by atoms with van der Waals surface area (Å²) >= 11 is 0. The van der Waals surface area contributed by atoms with E-state index in [0.29, 0.717) is 19.3 Å². The molecule has 9 nitrogen and oxygen atoms in total. The highest BCUT2D eigenvalue weighted by molar-refractivity contribution is 7.92. The highest BCUT2D eigenvalue weighted by Gasteiger charge is 2.21. The third kappa shape index (κ3) is 4.76. The number of H-pyrrole nitrogens is 1. The Kier molecular flexibility index (Phi) is 6.66. The fraction of sp³-hybridized carbons (Fsp3) is 0.400. The first-order valence-corrected chi connectivity index (χ1v) is 11.7. The number of carbonyl (C=O) groups is 1. The molecular weight excluding hydrogens is 404 g/mol. The number of nitrogens with zero attached hydrogens (tertiary/aromatic N) is 3. The number of hydrogen-bond donors (Lipinski definition) is 3. The minimum atomic E-state index is -3.26. The van der Waals surface area contributed by atoms with E-state index in [2.05, 4.69) is 20.3 Å². The molecule has 0 aliphatic heterocycles. The van der Waals surface area contributed by atoms with E-state index in [9.17, 15) is 13.8 Å². The highest BCUT2D eigenvalue weighted by atomic mass is 32.2. The molecular formula is C20H26N6O3S. The maximum absolute atomic E-state index is 12.8. The van der Waals surface area contributed by atoms with Gasteiger partial charge >= 0.3 is 5.69 Å². The molecule has 0 saturated carbocycles. The largest absolute Gasteiger partial charge is 0.328 e. The fourth-order valence-corrected chi connectivity index (χ4v) is 4.30. The van der Waals surface area contributed by atoms with Crippen LogP contribution in [0, 0.1) is 4.78 Å². The van der Waals surface area contributed by atoms with Crippen LogP contribution in [-0.2, 0) is 21.1 Å². The number of rotatable bonds is 9. The number of imidazole rings is 1. The van der Waals surface area contributed by atoms with Crippen molar-refractivity contribution in [3.63, 3.8) is 0 Å². The van der Waals surface area contributed by atoms with Gasteiger partial charge in [0, 0.05) is 12.2 Å². The number of amides is 1. The molecule has 2 heterocycles. The van der Waals surface area contributed by atoms with Crippen LogP contribution in [-0.4, -0.2) is 35.4 Å². The molecule has 3 aromatic rings. The first-order valence-electron chi connectivity index (χ1n) is 9.96. The predicted molar refractivity (Wildman–Crippen MR) is 116 cm³/mol. The van der Waals surface area contributed by atoms with Gasteiger partial charge in [0.1, 0.15) is 15.2 Å². The Labute approximate surface area is 174 Å². The number of unbranched alkanes of at least 4 members (excludes halogenated alkanes) is 1. The summed E-state index contributed by atoms with van der Waals surface area (Å²) in [5.41, 5.74) is 0.942. The zero-order valence-electron chi connectivity index (χ0n) is 17.1. The second-order valence-corrected chi connectivity index (χ2v) is 9.21. The molecule has 160 valence electrons. The second kappa shape index (κ2) is 9.21. The van der Waals surface area contributed by atoms with Gasteiger partial charge in [-0.15, -0.1) is 0 Å². The third-order valence-electron chi connectivity index (χ3n) is 4.59. The molecule has 1 aromatic carbocycles. The summed E-state index contributed by atoms with van der Waals surface area (Å²) in [6.07, 6.45) is 2.39. The van der Waals surface area contributed by atoms with E-state index < -0.39 is 15.4 Å². The molecule has 2 aromatic heterocycles. The summed E-state index contributed by atoms with van der Waals surface area (Å²) in [6, 6.07) is 9.38. The summed E-state index contributed by atoms with van der Waals surface area (Å²) in [5.74, 6) is -0.0859. The standard InChI is InChI=1S/C20H26N6O3S/c1-3-5-11-15(27)22-17-16-18(25-19(24-17)30(21,29)12-4-2)26(20(28)23-16)13-14-9-7-6-8-10-14/h6-10,21H,3-5,11-13H2,1-2H3,(H,23,28)(H,22,24,25,27). The Balaban J connectivity index is 2.15. The van der Waals surface area contributed by atoms with E-state index >= 15 is 0 Å². The number of nitrogens with one attached hydrogen (secondary N) is 3. The highest BCUT2D eigenvalue weighted by Crippen LogP contribution is 2.21. The zero-order valence-corrected chi connectivity index (χ0v) is 17.9. The van der Waals surface area contributed by atoms with Crippen molar-refractivity contribution in [3.05, 3.63) is 46.4 Å². The van der Waals surface area contributed by atoms with Crippen molar-refractivity contribution >= 4 is 32.6 Å². The molecule has 0 saturated heterocycles. The molecule has 1 amide bonds. The minimum Gasteiger partial charge on any atom is -0.309 e. The van der Waals surface area contributed by atoms with E-state index in [1.165, 1.54) is 4.57 Å². The normalized spacial score (nSPS) is 13.3. The first kappa shape index (κ1) is 21.7. The summed E-state index contributed by atoms with van der Waals surface area (Å²) < 4.78 is 22.5. The molecule has 10 heteroatoms. The van der Waals surface area contributed by atoms with Crippen LogP contribution in [0.3, 0.4) is 0 Å². The Morgan fingerprint density at radius 3 is 2.60 bits per heavy atom. The van der Waals surface area contributed by atoms with Crippen LogP contribution in [0.15, 0.2) is 40.3 Å². The van der Waals surface area contributed by atoms with Crippen LogP contribution in [0.2, 0.25) is 0 Å². The Morgan fingerprint density at radius 1 is 1.20 bits per heavy atom. The number of anilines is 1. The lowest BCUT2D eigenvalue weighted by atomic mass is 10.2. The summed E-state index contributed by atoms with van der Waals surface area (Å²) in [5, 5.41) is 2.52. The van der Waals surface area contributed by atoms with Crippen LogP contribution in [0.25, 0.3) is 11.2 Å². The third-order valence-corrected chi connectivity index (χ3v) is 6.34. The zero-order chi connectivity index (χ0) is 21.7. The van der Waals surface area contributed by atoms with Crippen molar-refractivity contribution < 1.29 is 9.00 Å². The predicted octanol–water partition coefficient (Wildman–Crippen LogP) is 3.11. The monoisotopic (exact) mass is 430 g/mol. The lowest BCUT2D eigenvalue weighted by Crippen LogP contribution is -2.18. The molecule has 1 atom stereocenters. The Hall–Kier alpha value is -3.01. The van der Waals surface area contributed by atoms with E-state index in [-0.39, 0.29) is 40.3 Å².